The van der Waals surface area contributed by atoms with Gasteiger partial charge in [0, 0.05) is 52.1 Å². The van der Waals surface area contributed by atoms with Crippen molar-refractivity contribution in [2.45, 2.75) is 12.8 Å². The highest BCUT2D eigenvalue weighted by atomic mass is 16.7. The Morgan fingerprint density at radius 3 is 1.27 bits per heavy atom. The maximum Gasteiger partial charge on any atom is 0.347 e. The molecule has 210 valence electrons. The first-order valence-electron chi connectivity index (χ1n) is 12.1. The van der Waals surface area contributed by atoms with E-state index in [4.69, 9.17) is 29.3 Å². The second-order valence-electron chi connectivity index (χ2n) is 8.50. The average Bonchev–Trinajstić information content (AvgIpc) is 3.13. The number of hydroxylamine groups is 2. The molecule has 2 N–H and O–H groups in total. The van der Waals surface area contributed by atoms with Gasteiger partial charge in [0.05, 0.1) is 59.3 Å². The molecule has 0 bridgehead atoms. The summed E-state index contributed by atoms with van der Waals surface area (Å²) in [5, 5.41) is 18.8. The van der Waals surface area contributed by atoms with Crippen molar-refractivity contribution in [2.24, 2.45) is 0 Å². The highest BCUT2D eigenvalue weighted by Crippen LogP contribution is 2.12. The molecule has 0 saturated carbocycles. The quantitative estimate of drug-likeness (QED) is 0.336. The van der Waals surface area contributed by atoms with Crippen molar-refractivity contribution in [3.8, 4) is 0 Å². The largest absolute Gasteiger partial charge is 0.480 e. The number of rotatable bonds is 7. The Balaban J connectivity index is 1.93. The summed E-state index contributed by atoms with van der Waals surface area (Å²) in [5.74, 6) is -3.85. The van der Waals surface area contributed by atoms with Crippen molar-refractivity contribution < 1.29 is 53.2 Å². The molecule has 0 aromatic rings. The van der Waals surface area contributed by atoms with Crippen molar-refractivity contribution in [2.75, 3.05) is 98.5 Å². The molecule has 37 heavy (non-hydrogen) atoms. The molecule has 2 aliphatic heterocycles. The second kappa shape index (κ2) is 16.9. The molecule has 2 heterocycles. The molecule has 2 rings (SSSR count). The summed E-state index contributed by atoms with van der Waals surface area (Å²) in [7, 11) is 0. The maximum atomic E-state index is 12.4. The van der Waals surface area contributed by atoms with Crippen LogP contribution in [0.5, 0.6) is 0 Å². The van der Waals surface area contributed by atoms with Gasteiger partial charge in [-0.2, -0.15) is 0 Å². The average molecular weight is 533 g/mol. The van der Waals surface area contributed by atoms with E-state index in [-0.39, 0.29) is 72.1 Å². The zero-order valence-corrected chi connectivity index (χ0v) is 20.9. The Hall–Kier alpha value is -2.69. The van der Waals surface area contributed by atoms with Crippen LogP contribution in [0.1, 0.15) is 12.8 Å². The number of nitrogens with zero attached hydrogens (tertiary/aromatic N) is 4. The van der Waals surface area contributed by atoms with Gasteiger partial charge in [0.15, 0.2) is 0 Å². The number of hydrogen-bond acceptors (Lipinski definition) is 12. The number of amides is 2. The lowest BCUT2D eigenvalue weighted by Gasteiger charge is -2.24. The number of imide groups is 1. The molecule has 2 aliphatic rings. The minimum absolute atomic E-state index is 0.00141. The van der Waals surface area contributed by atoms with Gasteiger partial charge < -0.3 is 29.3 Å². The summed E-state index contributed by atoms with van der Waals surface area (Å²) in [4.78, 5) is 68.0. The van der Waals surface area contributed by atoms with Gasteiger partial charge in [-0.3, -0.25) is 33.9 Å². The normalized spacial score (nSPS) is 21.4. The first kappa shape index (κ1) is 30.5. The van der Waals surface area contributed by atoms with Crippen LogP contribution < -0.4 is 0 Å². The van der Waals surface area contributed by atoms with E-state index in [2.05, 4.69) is 0 Å². The Morgan fingerprint density at radius 1 is 0.622 bits per heavy atom. The number of ether oxygens (including phenoxy) is 3. The summed E-state index contributed by atoms with van der Waals surface area (Å²) < 4.78 is 16.8. The summed E-state index contributed by atoms with van der Waals surface area (Å²) >= 11 is 0. The zero-order chi connectivity index (χ0) is 27.0. The maximum absolute atomic E-state index is 12.4. The van der Waals surface area contributed by atoms with Gasteiger partial charge in [0.2, 0.25) is 0 Å². The lowest BCUT2D eigenvalue weighted by molar-refractivity contribution is -0.198. The van der Waals surface area contributed by atoms with Crippen LogP contribution >= 0.6 is 0 Å². The fraction of sp³-hybridized carbons (Fsp3) is 0.773. The minimum atomic E-state index is -0.977. The van der Waals surface area contributed by atoms with Crippen LogP contribution in [-0.4, -0.2) is 158 Å². The Morgan fingerprint density at radius 2 is 0.946 bits per heavy atom. The summed E-state index contributed by atoms with van der Waals surface area (Å²) in [5.41, 5.74) is 0. The summed E-state index contributed by atoms with van der Waals surface area (Å²) in [6, 6.07) is 0. The Kier molecular flexibility index (Phi) is 14.0. The lowest BCUT2D eigenvalue weighted by Crippen LogP contribution is -2.41. The molecule has 0 spiro atoms. The number of carboxylic acids is 2. The minimum Gasteiger partial charge on any atom is -0.480 e. The van der Waals surface area contributed by atoms with E-state index in [1.165, 1.54) is 0 Å². The molecule has 0 aromatic heterocycles. The van der Waals surface area contributed by atoms with Crippen LogP contribution in [-0.2, 0) is 43.0 Å². The fourth-order valence-electron chi connectivity index (χ4n) is 3.63. The van der Waals surface area contributed by atoms with Crippen LogP contribution in [0, 0.1) is 0 Å². The first-order chi connectivity index (χ1) is 17.7. The third-order valence-electron chi connectivity index (χ3n) is 5.58. The Labute approximate surface area is 214 Å². The van der Waals surface area contributed by atoms with Gasteiger partial charge in [0.25, 0.3) is 11.8 Å². The number of carbonyl (C=O) groups excluding carboxylic acids is 3. The summed E-state index contributed by atoms with van der Waals surface area (Å²) in [6.45, 7) is 3.03. The smallest absolute Gasteiger partial charge is 0.347 e. The molecule has 15 heteroatoms. The molecule has 0 radical (unpaired) electrons. The van der Waals surface area contributed by atoms with Gasteiger partial charge in [-0.15, -0.1) is 5.06 Å². The third kappa shape index (κ3) is 12.9. The fourth-order valence-corrected chi connectivity index (χ4v) is 3.63. The molecule has 0 atom stereocenters. The molecule has 2 saturated heterocycles. The van der Waals surface area contributed by atoms with Gasteiger partial charge in [-0.1, -0.05) is 0 Å². The molecular weight excluding hydrogens is 496 g/mol. The van der Waals surface area contributed by atoms with E-state index in [1.807, 2.05) is 0 Å². The summed E-state index contributed by atoms with van der Waals surface area (Å²) in [6.07, 6.45) is 0.00283. The van der Waals surface area contributed by atoms with Crippen molar-refractivity contribution in [3.63, 3.8) is 0 Å². The molecule has 15 nitrogen and oxygen atoms in total. The Bertz CT molecular complexity index is 730. The van der Waals surface area contributed by atoms with Crippen molar-refractivity contribution in [3.05, 3.63) is 0 Å². The molecule has 2 amide bonds. The molecule has 0 aromatic carbocycles. The number of carboxylic acid groups (broad SMARTS) is 2. The number of aliphatic carboxylic acids is 2. The third-order valence-corrected chi connectivity index (χ3v) is 5.58. The van der Waals surface area contributed by atoms with Crippen LogP contribution in [0.25, 0.3) is 0 Å². The molecule has 2 fully saturated rings. The van der Waals surface area contributed by atoms with Gasteiger partial charge >= 0.3 is 17.9 Å². The standard InChI is InChI=1S/C22H36N4O11/c27-18-1-2-19(28)26(18)37-22(33)17-25-7-13-35-11-5-23(15-20(29)30)3-9-34-10-4-24(16-21(31)32)6-12-36-14-8-25/h1-17H2,(H,29,30)(H,31,32). The molecular formula is C22H36N4O11. The van der Waals surface area contributed by atoms with Crippen molar-refractivity contribution in [1.82, 2.24) is 19.8 Å². The predicted octanol–water partition coefficient (Wildman–Crippen LogP) is -2.27. The van der Waals surface area contributed by atoms with Crippen LogP contribution in [0.15, 0.2) is 0 Å². The zero-order valence-electron chi connectivity index (χ0n) is 20.9. The SMILES string of the molecule is O=C(O)CN1CCOCCN(CC(=O)O)CCOCCN(CC(=O)ON2C(=O)CCC2=O)CCOCC1. The molecule has 0 unspecified atom stereocenters. The first-order valence-corrected chi connectivity index (χ1v) is 12.1. The van der Waals surface area contributed by atoms with E-state index in [9.17, 15) is 24.0 Å². The number of hydrogen-bond donors (Lipinski definition) is 2. The monoisotopic (exact) mass is 532 g/mol. The van der Waals surface area contributed by atoms with E-state index < -0.39 is 29.7 Å². The van der Waals surface area contributed by atoms with E-state index >= 15 is 0 Å². The van der Waals surface area contributed by atoms with Crippen molar-refractivity contribution >= 4 is 29.7 Å². The van der Waals surface area contributed by atoms with Gasteiger partial charge in [-0.05, 0) is 0 Å². The van der Waals surface area contributed by atoms with Gasteiger partial charge in [-0.25, -0.2) is 4.79 Å². The highest BCUT2D eigenvalue weighted by molar-refractivity contribution is 6.01. The lowest BCUT2D eigenvalue weighted by atomic mass is 10.4. The van der Waals surface area contributed by atoms with E-state index in [0.29, 0.717) is 44.3 Å². The van der Waals surface area contributed by atoms with Crippen LogP contribution in [0.3, 0.4) is 0 Å². The van der Waals surface area contributed by atoms with Crippen molar-refractivity contribution in [1.29, 1.82) is 0 Å². The highest BCUT2D eigenvalue weighted by Gasteiger charge is 2.33. The van der Waals surface area contributed by atoms with E-state index in [0.717, 1.165) is 0 Å². The van der Waals surface area contributed by atoms with E-state index in [1.54, 1.807) is 14.7 Å². The predicted molar refractivity (Wildman–Crippen MR) is 124 cm³/mol. The van der Waals surface area contributed by atoms with Crippen LogP contribution in [0.4, 0.5) is 0 Å². The van der Waals surface area contributed by atoms with Gasteiger partial charge in [0.1, 0.15) is 0 Å². The number of carbonyl (C=O) groups is 5. The van der Waals surface area contributed by atoms with Crippen LogP contribution in [0.2, 0.25) is 0 Å². The molecule has 0 aliphatic carbocycles. The second-order valence-corrected chi connectivity index (χ2v) is 8.50. The topological polar surface area (TPSA) is 176 Å².